The van der Waals surface area contributed by atoms with Crippen molar-refractivity contribution < 1.29 is 13.9 Å². The third-order valence-corrected chi connectivity index (χ3v) is 4.62. The van der Waals surface area contributed by atoms with Crippen molar-refractivity contribution in [1.29, 1.82) is 0 Å². The normalized spacial score (nSPS) is 18.0. The number of nitrogens with zero attached hydrogens (tertiary/aromatic N) is 2. The molecule has 6 nitrogen and oxygen atoms in total. The lowest BCUT2D eigenvalue weighted by atomic mass is 10.1. The quantitative estimate of drug-likeness (QED) is 0.339. The fourth-order valence-electron chi connectivity index (χ4n) is 3.12. The highest BCUT2D eigenvalue weighted by Gasteiger charge is 2.28. The van der Waals surface area contributed by atoms with Gasteiger partial charge in [0.1, 0.15) is 11.9 Å². The van der Waals surface area contributed by atoms with Gasteiger partial charge in [0.15, 0.2) is 5.96 Å². The van der Waals surface area contributed by atoms with Crippen LogP contribution in [0, 0.1) is 11.7 Å². The second-order valence-corrected chi connectivity index (χ2v) is 7.06. The number of rotatable bonds is 7. The van der Waals surface area contributed by atoms with Crippen LogP contribution in [0.5, 0.6) is 0 Å². The van der Waals surface area contributed by atoms with Crippen molar-refractivity contribution in [2.45, 2.75) is 39.3 Å². The zero-order chi connectivity index (χ0) is 19.8. The van der Waals surface area contributed by atoms with Crippen LogP contribution < -0.4 is 10.6 Å². The molecule has 2 N–H and O–H groups in total. The van der Waals surface area contributed by atoms with E-state index in [9.17, 15) is 9.18 Å². The fraction of sp³-hybridized carbons (Fsp3) is 0.600. The summed E-state index contributed by atoms with van der Waals surface area (Å²) in [6, 6.07) is 6.45. The number of likely N-dealkylation sites (tertiary alicyclic amines) is 1. The molecule has 1 saturated heterocycles. The molecule has 158 valence electrons. The Kier molecular flexibility index (Phi) is 10.7. The summed E-state index contributed by atoms with van der Waals surface area (Å²) in [7, 11) is 1.62. The summed E-state index contributed by atoms with van der Waals surface area (Å²) in [4.78, 5) is 18.7. The molecule has 0 aromatic heterocycles. The maximum absolute atomic E-state index is 13.1. The number of hydrogen-bond donors (Lipinski definition) is 2. The lowest BCUT2D eigenvalue weighted by Gasteiger charge is -2.21. The van der Waals surface area contributed by atoms with Crippen LogP contribution in [0.3, 0.4) is 0 Å². The lowest BCUT2D eigenvalue weighted by molar-refractivity contribution is -0.133. The molecule has 0 bridgehead atoms. The van der Waals surface area contributed by atoms with Gasteiger partial charge in [-0.25, -0.2) is 4.39 Å². The summed E-state index contributed by atoms with van der Waals surface area (Å²) in [5.74, 6) is 0.639. The van der Waals surface area contributed by atoms with Gasteiger partial charge in [-0.2, -0.15) is 0 Å². The molecule has 1 heterocycles. The van der Waals surface area contributed by atoms with Crippen molar-refractivity contribution >= 4 is 35.8 Å². The maximum Gasteiger partial charge on any atom is 0.225 e. The average Bonchev–Trinajstić information content (AvgIpc) is 3.11. The van der Waals surface area contributed by atoms with Gasteiger partial charge in [-0.1, -0.05) is 26.0 Å². The Morgan fingerprint density at radius 1 is 1.36 bits per heavy atom. The summed E-state index contributed by atoms with van der Waals surface area (Å²) < 4.78 is 18.6. The van der Waals surface area contributed by atoms with Crippen molar-refractivity contribution in [2.75, 3.05) is 33.3 Å². The second kappa shape index (κ2) is 12.2. The lowest BCUT2D eigenvalue weighted by Crippen LogP contribution is -2.45. The Morgan fingerprint density at radius 2 is 2.04 bits per heavy atom. The minimum atomic E-state index is -0.270. The van der Waals surface area contributed by atoms with Crippen molar-refractivity contribution in [3.05, 3.63) is 35.6 Å². The number of amides is 1. The first-order valence-corrected chi connectivity index (χ1v) is 9.56. The van der Waals surface area contributed by atoms with Crippen molar-refractivity contribution in [1.82, 2.24) is 15.5 Å². The number of methoxy groups -OCH3 is 1. The predicted molar refractivity (Wildman–Crippen MR) is 121 cm³/mol. The van der Waals surface area contributed by atoms with E-state index in [-0.39, 0.29) is 53.8 Å². The number of carbonyl (C=O) groups is 1. The molecule has 0 spiro atoms. The summed E-state index contributed by atoms with van der Waals surface area (Å²) in [6.45, 7) is 8.47. The van der Waals surface area contributed by atoms with Crippen molar-refractivity contribution in [3.8, 4) is 0 Å². The molecule has 1 aromatic rings. The molecule has 0 aliphatic carbocycles. The van der Waals surface area contributed by atoms with Crippen LogP contribution in [0.15, 0.2) is 29.3 Å². The van der Waals surface area contributed by atoms with E-state index >= 15 is 0 Å². The molecule has 1 amide bonds. The number of hydrogen-bond acceptors (Lipinski definition) is 3. The number of carbonyl (C=O) groups excluding carboxylic acids is 1. The van der Waals surface area contributed by atoms with Crippen LogP contribution in [-0.4, -0.2) is 56.1 Å². The smallest absolute Gasteiger partial charge is 0.225 e. The van der Waals surface area contributed by atoms with Gasteiger partial charge >= 0.3 is 0 Å². The second-order valence-electron chi connectivity index (χ2n) is 7.06. The van der Waals surface area contributed by atoms with Gasteiger partial charge in [-0.3, -0.25) is 9.79 Å². The van der Waals surface area contributed by atoms with Crippen LogP contribution >= 0.6 is 24.0 Å². The predicted octanol–water partition coefficient (Wildman–Crippen LogP) is 2.94. The fourth-order valence-corrected chi connectivity index (χ4v) is 3.12. The van der Waals surface area contributed by atoms with Crippen LogP contribution in [-0.2, 0) is 9.53 Å². The SMILES string of the molecule is CCNC(=NCC(OC)c1ccc(F)cc1)NC1CCN(C(=O)C(C)C)C1.I. The molecule has 1 aliphatic rings. The Labute approximate surface area is 184 Å². The van der Waals surface area contributed by atoms with E-state index < -0.39 is 0 Å². The standard InChI is InChI=1S/C20H31FN4O2.HI/c1-5-22-20(24-17-10-11-25(13-17)19(26)14(2)3)23-12-18(27-4)15-6-8-16(21)9-7-15;/h6-9,14,17-18H,5,10-13H2,1-4H3,(H2,22,23,24);1H. The first kappa shape index (κ1) is 24.6. The Bertz CT molecular complexity index is 640. The average molecular weight is 506 g/mol. The molecular formula is C20H32FIN4O2. The summed E-state index contributed by atoms with van der Waals surface area (Å²) in [5, 5.41) is 6.65. The molecule has 2 rings (SSSR count). The molecule has 1 fully saturated rings. The van der Waals surface area contributed by atoms with Crippen LogP contribution in [0.25, 0.3) is 0 Å². The summed E-state index contributed by atoms with van der Waals surface area (Å²) in [5.41, 5.74) is 0.882. The number of benzene rings is 1. The number of nitrogens with one attached hydrogen (secondary N) is 2. The molecular weight excluding hydrogens is 474 g/mol. The first-order chi connectivity index (χ1) is 12.9. The van der Waals surface area contributed by atoms with E-state index in [1.165, 1.54) is 12.1 Å². The monoisotopic (exact) mass is 506 g/mol. The van der Waals surface area contributed by atoms with E-state index in [0.29, 0.717) is 19.0 Å². The number of aliphatic imine (C=N–C) groups is 1. The third-order valence-electron chi connectivity index (χ3n) is 4.62. The molecule has 1 aliphatic heterocycles. The molecule has 0 radical (unpaired) electrons. The summed E-state index contributed by atoms with van der Waals surface area (Å²) >= 11 is 0. The molecule has 2 unspecified atom stereocenters. The topological polar surface area (TPSA) is 66.0 Å². The molecule has 2 atom stereocenters. The molecule has 28 heavy (non-hydrogen) atoms. The van der Waals surface area contributed by atoms with Gasteiger partial charge in [0.2, 0.25) is 5.91 Å². The Balaban J connectivity index is 0.00000392. The minimum absolute atomic E-state index is 0. The van der Waals surface area contributed by atoms with Gasteiger partial charge in [-0.05, 0) is 31.0 Å². The van der Waals surface area contributed by atoms with Crippen molar-refractivity contribution in [2.24, 2.45) is 10.9 Å². The third kappa shape index (κ3) is 7.20. The first-order valence-electron chi connectivity index (χ1n) is 9.56. The maximum atomic E-state index is 13.1. The number of halogens is 2. The van der Waals surface area contributed by atoms with Gasteiger partial charge in [0, 0.05) is 38.7 Å². The van der Waals surface area contributed by atoms with E-state index in [1.54, 1.807) is 19.2 Å². The Morgan fingerprint density at radius 3 is 2.61 bits per heavy atom. The highest BCUT2D eigenvalue weighted by atomic mass is 127. The number of guanidine groups is 1. The zero-order valence-electron chi connectivity index (χ0n) is 17.1. The van der Waals surface area contributed by atoms with Gasteiger partial charge in [0.05, 0.1) is 6.54 Å². The minimum Gasteiger partial charge on any atom is -0.375 e. The highest BCUT2D eigenvalue weighted by molar-refractivity contribution is 14.0. The van der Waals surface area contributed by atoms with E-state index in [0.717, 1.165) is 25.1 Å². The summed E-state index contributed by atoms with van der Waals surface area (Å²) in [6.07, 6.45) is 0.651. The Hall–Kier alpha value is -1.42. The van der Waals surface area contributed by atoms with Gasteiger partial charge in [-0.15, -0.1) is 24.0 Å². The van der Waals surface area contributed by atoms with Crippen molar-refractivity contribution in [3.63, 3.8) is 0 Å². The largest absolute Gasteiger partial charge is 0.375 e. The number of ether oxygens (including phenoxy) is 1. The van der Waals surface area contributed by atoms with Crippen LogP contribution in [0.4, 0.5) is 4.39 Å². The molecule has 0 saturated carbocycles. The van der Waals surface area contributed by atoms with Crippen LogP contribution in [0.1, 0.15) is 38.9 Å². The van der Waals surface area contributed by atoms with E-state index in [1.807, 2.05) is 25.7 Å². The molecule has 8 heteroatoms. The van der Waals surface area contributed by atoms with E-state index in [4.69, 9.17) is 4.74 Å². The highest BCUT2D eigenvalue weighted by Crippen LogP contribution is 2.17. The zero-order valence-corrected chi connectivity index (χ0v) is 19.4. The van der Waals surface area contributed by atoms with E-state index in [2.05, 4.69) is 15.6 Å². The van der Waals surface area contributed by atoms with Gasteiger partial charge < -0.3 is 20.3 Å². The van der Waals surface area contributed by atoms with Crippen LogP contribution in [0.2, 0.25) is 0 Å². The van der Waals surface area contributed by atoms with Gasteiger partial charge in [0.25, 0.3) is 0 Å². The molecule has 1 aromatic carbocycles.